The minimum Gasteiger partial charge on any atom is -0.368 e. The lowest BCUT2D eigenvalue weighted by molar-refractivity contribution is -0.140. The Morgan fingerprint density at radius 1 is 1.24 bits per heavy atom. The molecule has 3 heterocycles. The second-order valence-corrected chi connectivity index (χ2v) is 7.20. The molecule has 1 unspecified atom stereocenters. The average molecular weight is 339 g/mol. The summed E-state index contributed by atoms with van der Waals surface area (Å²) in [6.07, 6.45) is 5.32. The first kappa shape index (κ1) is 16.3. The van der Waals surface area contributed by atoms with Gasteiger partial charge in [0.15, 0.2) is 0 Å². The molecule has 1 amide bonds. The van der Waals surface area contributed by atoms with Gasteiger partial charge in [-0.2, -0.15) is 0 Å². The van der Waals surface area contributed by atoms with Crippen molar-refractivity contribution in [3.63, 3.8) is 0 Å². The summed E-state index contributed by atoms with van der Waals surface area (Å²) in [5, 5.41) is 0. The van der Waals surface area contributed by atoms with Gasteiger partial charge in [0.1, 0.15) is 0 Å². The smallest absolute Gasteiger partial charge is 0.226 e. The number of ether oxygens (including phenoxy) is 1. The standard InChI is InChI=1S/C20H25N3O2/c1-15-5-2-8-17(21-15)14-25-19-12-22-10-4-9-18(22)11-23(13-19)20(24)16-6-3-7-16/h2,4-5,8-10,16,19H,3,6-7,11-14H2,1H3. The third-order valence-electron chi connectivity index (χ3n) is 5.28. The first-order chi connectivity index (χ1) is 12.2. The zero-order valence-corrected chi connectivity index (χ0v) is 14.7. The van der Waals surface area contributed by atoms with E-state index in [9.17, 15) is 4.79 Å². The minimum absolute atomic E-state index is 0.0139. The van der Waals surface area contributed by atoms with E-state index in [-0.39, 0.29) is 12.0 Å². The van der Waals surface area contributed by atoms with Crippen molar-refractivity contribution in [2.75, 3.05) is 6.54 Å². The highest BCUT2D eigenvalue weighted by atomic mass is 16.5. The SMILES string of the molecule is Cc1cccc(COC2CN(C(=O)C3CCC3)Cc3cccn3C2)n1. The normalized spacial score (nSPS) is 20.7. The largest absolute Gasteiger partial charge is 0.368 e. The van der Waals surface area contributed by atoms with Crippen molar-refractivity contribution in [1.29, 1.82) is 0 Å². The third-order valence-corrected chi connectivity index (χ3v) is 5.28. The van der Waals surface area contributed by atoms with Gasteiger partial charge in [-0.05, 0) is 44.0 Å². The number of fused-ring (bicyclic) bond motifs is 1. The Morgan fingerprint density at radius 3 is 2.88 bits per heavy atom. The third kappa shape index (κ3) is 3.61. The second-order valence-electron chi connectivity index (χ2n) is 7.20. The van der Waals surface area contributed by atoms with Crippen LogP contribution in [0, 0.1) is 12.8 Å². The van der Waals surface area contributed by atoms with Crippen molar-refractivity contribution in [3.05, 3.63) is 53.6 Å². The average Bonchev–Trinajstić information content (AvgIpc) is 2.89. The molecule has 2 aliphatic rings. The molecule has 2 aromatic heterocycles. The molecular weight excluding hydrogens is 314 g/mol. The lowest BCUT2D eigenvalue weighted by Gasteiger charge is -2.32. The number of nitrogens with zero attached hydrogens (tertiary/aromatic N) is 3. The summed E-state index contributed by atoms with van der Waals surface area (Å²) in [5.74, 6) is 0.517. The molecule has 1 aliphatic carbocycles. The number of aromatic nitrogens is 2. The minimum atomic E-state index is -0.0139. The highest BCUT2D eigenvalue weighted by Crippen LogP contribution is 2.29. The Kier molecular flexibility index (Phi) is 4.57. The van der Waals surface area contributed by atoms with E-state index in [4.69, 9.17) is 4.74 Å². The molecule has 0 bridgehead atoms. The number of pyridine rings is 1. The van der Waals surface area contributed by atoms with E-state index in [1.54, 1.807) is 0 Å². The maximum absolute atomic E-state index is 12.8. The zero-order valence-electron chi connectivity index (χ0n) is 14.7. The van der Waals surface area contributed by atoms with Gasteiger partial charge in [-0.1, -0.05) is 12.5 Å². The number of aryl methyl sites for hydroxylation is 1. The fourth-order valence-corrected chi connectivity index (χ4v) is 3.62. The molecule has 25 heavy (non-hydrogen) atoms. The monoisotopic (exact) mass is 339 g/mol. The second kappa shape index (κ2) is 7.00. The van der Waals surface area contributed by atoms with Crippen LogP contribution in [0.25, 0.3) is 0 Å². The first-order valence-electron chi connectivity index (χ1n) is 9.16. The van der Waals surface area contributed by atoms with Gasteiger partial charge in [-0.25, -0.2) is 0 Å². The van der Waals surface area contributed by atoms with Gasteiger partial charge in [-0.15, -0.1) is 0 Å². The number of hydrogen-bond acceptors (Lipinski definition) is 3. The summed E-state index contributed by atoms with van der Waals surface area (Å²) in [7, 11) is 0. The van der Waals surface area contributed by atoms with E-state index in [1.807, 2.05) is 36.1 Å². The van der Waals surface area contributed by atoms with E-state index in [1.165, 1.54) is 12.1 Å². The summed E-state index contributed by atoms with van der Waals surface area (Å²) in [6, 6.07) is 10.1. The van der Waals surface area contributed by atoms with Crippen LogP contribution in [0.2, 0.25) is 0 Å². The first-order valence-corrected chi connectivity index (χ1v) is 9.16. The van der Waals surface area contributed by atoms with Gasteiger partial charge in [-0.3, -0.25) is 9.78 Å². The lowest BCUT2D eigenvalue weighted by atomic mass is 9.84. The summed E-state index contributed by atoms with van der Waals surface area (Å²) in [4.78, 5) is 19.3. The number of rotatable bonds is 4. The molecule has 1 aliphatic heterocycles. The van der Waals surface area contributed by atoms with E-state index in [2.05, 4.69) is 21.8 Å². The van der Waals surface area contributed by atoms with Crippen LogP contribution in [-0.2, 0) is 29.2 Å². The van der Waals surface area contributed by atoms with Crippen LogP contribution < -0.4 is 0 Å². The van der Waals surface area contributed by atoms with Gasteiger partial charge in [0.2, 0.25) is 5.91 Å². The van der Waals surface area contributed by atoms with Crippen molar-refractivity contribution in [2.24, 2.45) is 5.92 Å². The summed E-state index contributed by atoms with van der Waals surface area (Å²) < 4.78 is 8.38. The quantitative estimate of drug-likeness (QED) is 0.860. The molecule has 4 rings (SSSR count). The number of amides is 1. The van der Waals surface area contributed by atoms with Crippen LogP contribution in [0.15, 0.2) is 36.5 Å². The zero-order chi connectivity index (χ0) is 17.2. The molecule has 5 heteroatoms. The predicted octanol–water partition coefficient (Wildman–Crippen LogP) is 2.92. The highest BCUT2D eigenvalue weighted by Gasteiger charge is 2.32. The van der Waals surface area contributed by atoms with Crippen molar-refractivity contribution in [3.8, 4) is 0 Å². The Balaban J connectivity index is 1.47. The fourth-order valence-electron chi connectivity index (χ4n) is 3.62. The summed E-state index contributed by atoms with van der Waals surface area (Å²) in [5.41, 5.74) is 3.12. The van der Waals surface area contributed by atoms with Crippen LogP contribution >= 0.6 is 0 Å². The number of carbonyl (C=O) groups excluding carboxylic acids is 1. The van der Waals surface area contributed by atoms with Crippen LogP contribution in [0.3, 0.4) is 0 Å². The van der Waals surface area contributed by atoms with Gasteiger partial charge in [0.25, 0.3) is 0 Å². The van der Waals surface area contributed by atoms with E-state index in [0.717, 1.165) is 30.8 Å². The maximum Gasteiger partial charge on any atom is 0.226 e. The molecular formula is C20H25N3O2. The maximum atomic E-state index is 12.8. The van der Waals surface area contributed by atoms with Gasteiger partial charge in [0, 0.05) is 30.0 Å². The van der Waals surface area contributed by atoms with Crippen LogP contribution in [-0.4, -0.2) is 33.0 Å². The summed E-state index contributed by atoms with van der Waals surface area (Å²) >= 11 is 0. The molecule has 0 spiro atoms. The van der Waals surface area contributed by atoms with Crippen molar-refractivity contribution in [2.45, 2.75) is 52.0 Å². The lowest BCUT2D eigenvalue weighted by Crippen LogP contribution is -2.42. The van der Waals surface area contributed by atoms with Crippen LogP contribution in [0.1, 0.15) is 36.3 Å². The number of hydrogen-bond donors (Lipinski definition) is 0. The number of carbonyl (C=O) groups is 1. The van der Waals surface area contributed by atoms with Crippen molar-refractivity contribution >= 4 is 5.91 Å². The molecule has 2 aromatic rings. The Labute approximate surface area is 148 Å². The topological polar surface area (TPSA) is 47.4 Å². The molecule has 0 radical (unpaired) electrons. The van der Waals surface area contributed by atoms with Gasteiger partial charge in [0.05, 0.1) is 31.5 Å². The van der Waals surface area contributed by atoms with E-state index < -0.39 is 0 Å². The van der Waals surface area contributed by atoms with E-state index in [0.29, 0.717) is 25.6 Å². The van der Waals surface area contributed by atoms with Gasteiger partial charge >= 0.3 is 0 Å². The predicted molar refractivity (Wildman–Crippen MR) is 94.7 cm³/mol. The van der Waals surface area contributed by atoms with Crippen LogP contribution in [0.4, 0.5) is 0 Å². The van der Waals surface area contributed by atoms with Crippen molar-refractivity contribution < 1.29 is 9.53 Å². The molecule has 5 nitrogen and oxygen atoms in total. The molecule has 1 fully saturated rings. The molecule has 1 atom stereocenters. The Bertz CT molecular complexity index is 751. The Morgan fingerprint density at radius 2 is 2.12 bits per heavy atom. The van der Waals surface area contributed by atoms with E-state index >= 15 is 0 Å². The highest BCUT2D eigenvalue weighted by molar-refractivity contribution is 5.79. The van der Waals surface area contributed by atoms with Gasteiger partial charge < -0.3 is 14.2 Å². The fraction of sp³-hybridized carbons (Fsp3) is 0.500. The Hall–Kier alpha value is -2.14. The molecule has 1 saturated carbocycles. The van der Waals surface area contributed by atoms with Crippen molar-refractivity contribution in [1.82, 2.24) is 14.5 Å². The summed E-state index contributed by atoms with van der Waals surface area (Å²) in [6.45, 7) is 4.59. The molecule has 0 saturated heterocycles. The molecule has 0 N–H and O–H groups in total. The van der Waals surface area contributed by atoms with Crippen LogP contribution in [0.5, 0.6) is 0 Å². The molecule has 132 valence electrons. The molecule has 0 aromatic carbocycles.